The highest BCUT2D eigenvalue weighted by Gasteiger charge is 2.33. The van der Waals surface area contributed by atoms with Crippen LogP contribution in [0.25, 0.3) is 0 Å². The number of hydrogen-bond donors (Lipinski definition) is 1. The Labute approximate surface area is 152 Å². The molecular formula is C20H22N2O2S. The predicted molar refractivity (Wildman–Crippen MR) is 104 cm³/mol. The number of nitrogens with one attached hydrogen (secondary N) is 1. The summed E-state index contributed by atoms with van der Waals surface area (Å²) in [5.41, 5.74) is 3.92. The lowest BCUT2D eigenvalue weighted by molar-refractivity contribution is -0.116. The molecule has 0 aliphatic carbocycles. The second kappa shape index (κ2) is 7.74. The van der Waals surface area contributed by atoms with Crippen molar-refractivity contribution in [2.45, 2.75) is 32.1 Å². The topological polar surface area (TPSA) is 49.4 Å². The minimum absolute atomic E-state index is 0.0297. The van der Waals surface area contributed by atoms with Crippen LogP contribution in [-0.4, -0.2) is 17.6 Å². The fraction of sp³-hybridized carbons (Fsp3) is 0.300. The van der Waals surface area contributed by atoms with Gasteiger partial charge in [-0.05, 0) is 48.7 Å². The van der Waals surface area contributed by atoms with E-state index in [0.29, 0.717) is 12.2 Å². The van der Waals surface area contributed by atoms with Crippen LogP contribution >= 0.6 is 11.8 Å². The van der Waals surface area contributed by atoms with Gasteiger partial charge >= 0.3 is 0 Å². The van der Waals surface area contributed by atoms with E-state index >= 15 is 0 Å². The standard InChI is InChI=1S/C20H22N2O2S/c1-3-5-18(23)21-16-10-8-15(9-11-16)20-22(19(24)13-25-20)17-7-4-6-14(2)12-17/h4,6-12,20H,3,5,13H2,1-2H3,(H,21,23). The first-order valence-corrected chi connectivity index (χ1v) is 9.53. The van der Waals surface area contributed by atoms with Crippen LogP contribution < -0.4 is 10.2 Å². The Hall–Kier alpha value is -2.27. The molecule has 0 radical (unpaired) electrons. The average molecular weight is 354 g/mol. The van der Waals surface area contributed by atoms with Crippen molar-refractivity contribution in [3.63, 3.8) is 0 Å². The van der Waals surface area contributed by atoms with E-state index in [4.69, 9.17) is 0 Å². The predicted octanol–water partition coefficient (Wildman–Crippen LogP) is 4.51. The monoisotopic (exact) mass is 354 g/mol. The normalized spacial score (nSPS) is 17.0. The van der Waals surface area contributed by atoms with Crippen LogP contribution in [0.15, 0.2) is 48.5 Å². The highest BCUT2D eigenvalue weighted by Crippen LogP contribution is 2.42. The molecule has 130 valence electrons. The van der Waals surface area contributed by atoms with Gasteiger partial charge in [-0.25, -0.2) is 0 Å². The summed E-state index contributed by atoms with van der Waals surface area (Å²) >= 11 is 1.63. The Kier molecular flexibility index (Phi) is 5.43. The van der Waals surface area contributed by atoms with E-state index in [1.807, 2.05) is 67.3 Å². The van der Waals surface area contributed by atoms with E-state index in [-0.39, 0.29) is 17.2 Å². The molecular weight excluding hydrogens is 332 g/mol. The molecule has 2 aromatic rings. The molecule has 25 heavy (non-hydrogen) atoms. The molecule has 0 aromatic heterocycles. The van der Waals surface area contributed by atoms with Gasteiger partial charge in [-0.3, -0.25) is 14.5 Å². The van der Waals surface area contributed by atoms with Gasteiger partial charge in [0.15, 0.2) is 0 Å². The van der Waals surface area contributed by atoms with Crippen molar-refractivity contribution in [1.82, 2.24) is 0 Å². The van der Waals surface area contributed by atoms with Gasteiger partial charge in [0.2, 0.25) is 11.8 Å². The van der Waals surface area contributed by atoms with Gasteiger partial charge in [0.1, 0.15) is 5.37 Å². The second-order valence-electron chi connectivity index (χ2n) is 6.19. The number of thioether (sulfide) groups is 1. The summed E-state index contributed by atoms with van der Waals surface area (Å²) in [6.45, 7) is 4.01. The van der Waals surface area contributed by atoms with Gasteiger partial charge in [-0.15, -0.1) is 11.8 Å². The quantitative estimate of drug-likeness (QED) is 0.859. The molecule has 1 unspecified atom stereocenters. The molecule has 1 fully saturated rings. The first kappa shape index (κ1) is 17.5. The van der Waals surface area contributed by atoms with Crippen molar-refractivity contribution in [2.75, 3.05) is 16.0 Å². The van der Waals surface area contributed by atoms with Gasteiger partial charge < -0.3 is 5.32 Å². The summed E-state index contributed by atoms with van der Waals surface area (Å²) in [6.07, 6.45) is 1.35. The van der Waals surface area contributed by atoms with Crippen molar-refractivity contribution >= 4 is 35.0 Å². The van der Waals surface area contributed by atoms with Crippen LogP contribution in [0.1, 0.15) is 36.3 Å². The lowest BCUT2D eigenvalue weighted by Crippen LogP contribution is -2.27. The zero-order chi connectivity index (χ0) is 17.8. The third-order valence-electron chi connectivity index (χ3n) is 4.10. The molecule has 1 aliphatic heterocycles. The number of anilines is 2. The maximum Gasteiger partial charge on any atom is 0.238 e. The van der Waals surface area contributed by atoms with Crippen LogP contribution in [0.2, 0.25) is 0 Å². The molecule has 1 atom stereocenters. The van der Waals surface area contributed by atoms with Crippen molar-refractivity contribution in [3.05, 3.63) is 59.7 Å². The van der Waals surface area contributed by atoms with Crippen LogP contribution in [0.4, 0.5) is 11.4 Å². The Morgan fingerprint density at radius 1 is 1.24 bits per heavy atom. The number of carbonyl (C=O) groups excluding carboxylic acids is 2. The average Bonchev–Trinajstić information content (AvgIpc) is 2.97. The summed E-state index contributed by atoms with van der Waals surface area (Å²) in [5, 5.41) is 2.86. The number of rotatable bonds is 5. The second-order valence-corrected chi connectivity index (χ2v) is 7.25. The smallest absolute Gasteiger partial charge is 0.238 e. The van der Waals surface area contributed by atoms with Gasteiger partial charge in [-0.1, -0.05) is 31.2 Å². The SMILES string of the molecule is CCCC(=O)Nc1ccc(C2SCC(=O)N2c2cccc(C)c2)cc1. The lowest BCUT2D eigenvalue weighted by atomic mass is 10.1. The maximum atomic E-state index is 12.4. The van der Waals surface area contributed by atoms with Crippen LogP contribution in [0.5, 0.6) is 0 Å². The summed E-state index contributed by atoms with van der Waals surface area (Å²) in [6, 6.07) is 15.8. The van der Waals surface area contributed by atoms with Gasteiger partial charge in [0.05, 0.1) is 5.75 Å². The van der Waals surface area contributed by atoms with E-state index < -0.39 is 0 Å². The van der Waals surface area contributed by atoms with Gasteiger partial charge in [0, 0.05) is 17.8 Å². The lowest BCUT2D eigenvalue weighted by Gasteiger charge is -2.25. The third kappa shape index (κ3) is 4.04. The fourth-order valence-electron chi connectivity index (χ4n) is 2.91. The van der Waals surface area contributed by atoms with Gasteiger partial charge in [-0.2, -0.15) is 0 Å². The van der Waals surface area contributed by atoms with E-state index in [1.54, 1.807) is 11.8 Å². The number of nitrogens with zero attached hydrogens (tertiary/aromatic N) is 1. The zero-order valence-electron chi connectivity index (χ0n) is 14.5. The molecule has 0 spiro atoms. The van der Waals surface area contributed by atoms with E-state index in [2.05, 4.69) is 5.32 Å². The van der Waals surface area contributed by atoms with Crippen LogP contribution in [0, 0.1) is 6.92 Å². The molecule has 2 amide bonds. The zero-order valence-corrected chi connectivity index (χ0v) is 15.3. The first-order chi connectivity index (χ1) is 12.1. The largest absolute Gasteiger partial charge is 0.326 e. The molecule has 5 heteroatoms. The summed E-state index contributed by atoms with van der Waals surface area (Å²) < 4.78 is 0. The molecule has 1 heterocycles. The van der Waals surface area contributed by atoms with Crippen molar-refractivity contribution < 1.29 is 9.59 Å². The molecule has 4 nitrogen and oxygen atoms in total. The minimum Gasteiger partial charge on any atom is -0.326 e. The number of aryl methyl sites for hydroxylation is 1. The number of carbonyl (C=O) groups is 2. The Morgan fingerprint density at radius 3 is 2.68 bits per heavy atom. The molecule has 1 N–H and O–H groups in total. The Morgan fingerprint density at radius 2 is 2.00 bits per heavy atom. The van der Waals surface area contributed by atoms with Crippen LogP contribution in [-0.2, 0) is 9.59 Å². The van der Waals surface area contributed by atoms with Crippen LogP contribution in [0.3, 0.4) is 0 Å². The van der Waals surface area contributed by atoms with Crippen molar-refractivity contribution in [1.29, 1.82) is 0 Å². The first-order valence-electron chi connectivity index (χ1n) is 8.48. The molecule has 2 aromatic carbocycles. The van der Waals surface area contributed by atoms with Crippen molar-refractivity contribution in [2.24, 2.45) is 0 Å². The summed E-state index contributed by atoms with van der Waals surface area (Å²) in [5.74, 6) is 0.635. The maximum absolute atomic E-state index is 12.4. The van der Waals surface area contributed by atoms with E-state index in [1.165, 1.54) is 0 Å². The fourth-order valence-corrected chi connectivity index (χ4v) is 4.09. The third-order valence-corrected chi connectivity index (χ3v) is 5.32. The summed E-state index contributed by atoms with van der Waals surface area (Å²) in [4.78, 5) is 26.0. The molecule has 0 bridgehead atoms. The van der Waals surface area contributed by atoms with Gasteiger partial charge in [0.25, 0.3) is 0 Å². The molecule has 3 rings (SSSR count). The molecule has 0 saturated carbocycles. The summed E-state index contributed by atoms with van der Waals surface area (Å²) in [7, 11) is 0. The van der Waals surface area contributed by atoms with E-state index in [9.17, 15) is 9.59 Å². The number of benzene rings is 2. The molecule has 1 saturated heterocycles. The number of hydrogen-bond acceptors (Lipinski definition) is 3. The number of amides is 2. The van der Waals surface area contributed by atoms with E-state index in [0.717, 1.165) is 28.9 Å². The highest BCUT2D eigenvalue weighted by molar-refractivity contribution is 8.00. The Bertz CT molecular complexity index is 774. The molecule has 1 aliphatic rings. The Balaban J connectivity index is 1.80. The van der Waals surface area contributed by atoms with Crippen molar-refractivity contribution in [3.8, 4) is 0 Å². The highest BCUT2D eigenvalue weighted by atomic mass is 32.2. The minimum atomic E-state index is -0.0327.